The van der Waals surface area contributed by atoms with Crippen molar-refractivity contribution in [2.24, 2.45) is 0 Å². The first kappa shape index (κ1) is 16.9. The van der Waals surface area contributed by atoms with Crippen LogP contribution >= 0.6 is 0 Å². The zero-order valence-corrected chi connectivity index (χ0v) is 14.0. The van der Waals surface area contributed by atoms with Gasteiger partial charge in [-0.1, -0.05) is 12.1 Å². The van der Waals surface area contributed by atoms with Crippen molar-refractivity contribution < 1.29 is 17.9 Å². The molecule has 0 aromatic heterocycles. The molecule has 0 radical (unpaired) electrons. The Labute approximate surface area is 141 Å². The molecular formula is C16H19N3O4S. The second kappa shape index (κ2) is 6.89. The van der Waals surface area contributed by atoms with Crippen LogP contribution in [0.4, 0.5) is 0 Å². The maximum absolute atomic E-state index is 12.7. The molecule has 24 heavy (non-hydrogen) atoms. The van der Waals surface area contributed by atoms with Crippen LogP contribution in [0.3, 0.4) is 0 Å². The molecule has 2 aliphatic heterocycles. The molecule has 1 atom stereocenters. The number of nitriles is 1. The lowest BCUT2D eigenvalue weighted by atomic mass is 10.2. The molecule has 1 amide bonds. The predicted octanol–water partition coefficient (Wildman–Crippen LogP) is 0.570. The van der Waals surface area contributed by atoms with Gasteiger partial charge in [-0.25, -0.2) is 8.42 Å². The van der Waals surface area contributed by atoms with E-state index < -0.39 is 10.0 Å². The Morgan fingerprint density at radius 1 is 1.21 bits per heavy atom. The van der Waals surface area contributed by atoms with Crippen molar-refractivity contribution in [3.05, 3.63) is 29.8 Å². The van der Waals surface area contributed by atoms with E-state index in [1.165, 1.54) is 16.4 Å². The molecule has 1 aromatic carbocycles. The molecule has 0 saturated carbocycles. The average Bonchev–Trinajstić information content (AvgIpc) is 3.15. The van der Waals surface area contributed by atoms with Gasteiger partial charge in [-0.05, 0) is 25.0 Å². The number of piperazine rings is 1. The number of ether oxygens (including phenoxy) is 1. The quantitative estimate of drug-likeness (QED) is 0.796. The largest absolute Gasteiger partial charge is 0.368 e. The van der Waals surface area contributed by atoms with E-state index in [2.05, 4.69) is 0 Å². The standard InChI is InChI=1S/C16H19N3O4S/c17-12-13-4-1-2-6-15(13)24(21,22)19-9-7-18(8-10-19)16(20)14-5-3-11-23-14/h1-2,4,6,14H,3,5,7-11H2. The molecule has 2 aliphatic rings. The lowest BCUT2D eigenvalue weighted by Gasteiger charge is -2.35. The van der Waals surface area contributed by atoms with E-state index in [1.807, 2.05) is 6.07 Å². The van der Waals surface area contributed by atoms with E-state index in [0.717, 1.165) is 12.8 Å². The fraction of sp³-hybridized carbons (Fsp3) is 0.500. The van der Waals surface area contributed by atoms with Gasteiger partial charge in [0.15, 0.2) is 0 Å². The molecule has 0 N–H and O–H groups in total. The molecule has 1 aromatic rings. The fourth-order valence-electron chi connectivity index (χ4n) is 3.05. The van der Waals surface area contributed by atoms with Gasteiger partial charge in [-0.2, -0.15) is 9.57 Å². The van der Waals surface area contributed by atoms with Crippen LogP contribution in [0.2, 0.25) is 0 Å². The summed E-state index contributed by atoms with van der Waals surface area (Å²) in [6.07, 6.45) is 1.23. The van der Waals surface area contributed by atoms with Crippen LogP contribution in [0, 0.1) is 11.3 Å². The minimum atomic E-state index is -3.73. The van der Waals surface area contributed by atoms with Crippen molar-refractivity contribution in [1.82, 2.24) is 9.21 Å². The second-order valence-electron chi connectivity index (χ2n) is 5.84. The SMILES string of the molecule is N#Cc1ccccc1S(=O)(=O)N1CCN(C(=O)C2CCCO2)CC1. The molecule has 0 spiro atoms. The number of benzene rings is 1. The van der Waals surface area contributed by atoms with Gasteiger partial charge < -0.3 is 9.64 Å². The third kappa shape index (κ3) is 3.15. The van der Waals surface area contributed by atoms with Crippen LogP contribution in [0.1, 0.15) is 18.4 Å². The number of carbonyl (C=O) groups is 1. The molecule has 1 unspecified atom stereocenters. The van der Waals surface area contributed by atoms with Gasteiger partial charge in [0.1, 0.15) is 12.2 Å². The number of hydrogen-bond acceptors (Lipinski definition) is 5. The van der Waals surface area contributed by atoms with Gasteiger partial charge in [0, 0.05) is 32.8 Å². The number of amides is 1. The Balaban J connectivity index is 1.70. The molecule has 0 aliphatic carbocycles. The van der Waals surface area contributed by atoms with Crippen molar-refractivity contribution in [1.29, 1.82) is 5.26 Å². The Bertz CT molecular complexity index is 758. The van der Waals surface area contributed by atoms with E-state index in [-0.39, 0.29) is 35.6 Å². The molecule has 0 bridgehead atoms. The molecule has 2 fully saturated rings. The van der Waals surface area contributed by atoms with E-state index in [4.69, 9.17) is 10.00 Å². The first-order chi connectivity index (χ1) is 11.5. The van der Waals surface area contributed by atoms with Crippen molar-refractivity contribution in [2.75, 3.05) is 32.8 Å². The number of carbonyl (C=O) groups excluding carboxylic acids is 1. The number of rotatable bonds is 3. The first-order valence-electron chi connectivity index (χ1n) is 7.93. The second-order valence-corrected chi connectivity index (χ2v) is 7.75. The first-order valence-corrected chi connectivity index (χ1v) is 9.37. The van der Waals surface area contributed by atoms with Crippen LogP contribution in [0.15, 0.2) is 29.2 Å². The molecule has 2 heterocycles. The molecule has 3 rings (SSSR count). The summed E-state index contributed by atoms with van der Waals surface area (Å²) in [4.78, 5) is 14.0. The minimum Gasteiger partial charge on any atom is -0.368 e. The maximum Gasteiger partial charge on any atom is 0.251 e. The van der Waals surface area contributed by atoms with Crippen molar-refractivity contribution in [3.63, 3.8) is 0 Å². The summed E-state index contributed by atoms with van der Waals surface area (Å²) >= 11 is 0. The molecule has 8 heteroatoms. The van der Waals surface area contributed by atoms with Crippen LogP contribution in [-0.4, -0.2) is 62.4 Å². The Morgan fingerprint density at radius 2 is 1.92 bits per heavy atom. The Kier molecular flexibility index (Phi) is 4.85. The topological polar surface area (TPSA) is 90.7 Å². The zero-order valence-electron chi connectivity index (χ0n) is 13.2. The monoisotopic (exact) mass is 349 g/mol. The van der Waals surface area contributed by atoms with Gasteiger partial charge in [0.05, 0.1) is 10.5 Å². The van der Waals surface area contributed by atoms with E-state index >= 15 is 0 Å². The minimum absolute atomic E-state index is 0.0198. The third-order valence-electron chi connectivity index (χ3n) is 4.38. The highest BCUT2D eigenvalue weighted by Gasteiger charge is 2.34. The van der Waals surface area contributed by atoms with Gasteiger partial charge in [0.2, 0.25) is 10.0 Å². The van der Waals surface area contributed by atoms with E-state index in [0.29, 0.717) is 19.7 Å². The number of sulfonamides is 1. The van der Waals surface area contributed by atoms with Gasteiger partial charge in [-0.3, -0.25) is 4.79 Å². The summed E-state index contributed by atoms with van der Waals surface area (Å²) < 4.78 is 32.2. The van der Waals surface area contributed by atoms with Gasteiger partial charge in [0.25, 0.3) is 5.91 Å². The molecule has 7 nitrogen and oxygen atoms in total. The van der Waals surface area contributed by atoms with Crippen LogP contribution in [0.25, 0.3) is 0 Å². The van der Waals surface area contributed by atoms with Crippen LogP contribution < -0.4 is 0 Å². The highest BCUT2D eigenvalue weighted by molar-refractivity contribution is 7.89. The van der Waals surface area contributed by atoms with Crippen LogP contribution in [-0.2, 0) is 19.6 Å². The summed E-state index contributed by atoms with van der Waals surface area (Å²) in [5.74, 6) is -0.0537. The Hall–Kier alpha value is -1.95. The highest BCUT2D eigenvalue weighted by Crippen LogP contribution is 2.22. The summed E-state index contributed by atoms with van der Waals surface area (Å²) in [7, 11) is -3.73. The van der Waals surface area contributed by atoms with Gasteiger partial charge in [-0.15, -0.1) is 0 Å². The van der Waals surface area contributed by atoms with E-state index in [9.17, 15) is 13.2 Å². The average molecular weight is 349 g/mol. The molecular weight excluding hydrogens is 330 g/mol. The van der Waals surface area contributed by atoms with Crippen LogP contribution in [0.5, 0.6) is 0 Å². The normalized spacial score (nSPS) is 22.3. The number of hydrogen-bond donors (Lipinski definition) is 0. The number of nitrogens with zero attached hydrogens (tertiary/aromatic N) is 3. The van der Waals surface area contributed by atoms with Crippen molar-refractivity contribution >= 4 is 15.9 Å². The maximum atomic E-state index is 12.7. The van der Waals surface area contributed by atoms with Gasteiger partial charge >= 0.3 is 0 Å². The lowest BCUT2D eigenvalue weighted by Crippen LogP contribution is -2.52. The fourth-order valence-corrected chi connectivity index (χ4v) is 4.61. The zero-order chi connectivity index (χ0) is 17.2. The molecule has 2 saturated heterocycles. The summed E-state index contributed by atoms with van der Waals surface area (Å²) in [6.45, 7) is 1.73. The van der Waals surface area contributed by atoms with E-state index in [1.54, 1.807) is 17.0 Å². The third-order valence-corrected chi connectivity index (χ3v) is 6.34. The van der Waals surface area contributed by atoms with Crippen molar-refractivity contribution in [3.8, 4) is 6.07 Å². The summed E-state index contributed by atoms with van der Waals surface area (Å²) in [5, 5.41) is 9.12. The Morgan fingerprint density at radius 3 is 2.54 bits per heavy atom. The van der Waals surface area contributed by atoms with Crippen molar-refractivity contribution in [2.45, 2.75) is 23.8 Å². The molecule has 128 valence electrons. The smallest absolute Gasteiger partial charge is 0.251 e. The highest BCUT2D eigenvalue weighted by atomic mass is 32.2. The summed E-state index contributed by atoms with van der Waals surface area (Å²) in [5.41, 5.74) is 0.135. The lowest BCUT2D eigenvalue weighted by molar-refractivity contribution is -0.142. The predicted molar refractivity (Wildman–Crippen MR) is 85.5 cm³/mol. The summed E-state index contributed by atoms with van der Waals surface area (Å²) in [6, 6.07) is 8.09.